The van der Waals surface area contributed by atoms with E-state index < -0.39 is 39.4 Å². The van der Waals surface area contributed by atoms with Gasteiger partial charge in [-0.2, -0.15) is 0 Å². The third kappa shape index (κ3) is 2.90. The molecule has 0 N–H and O–H groups in total. The molecule has 0 aliphatic heterocycles. The first-order valence-electron chi connectivity index (χ1n) is 7.40. The second kappa shape index (κ2) is 6.65. The van der Waals surface area contributed by atoms with E-state index >= 15 is 0 Å². The molecule has 0 saturated carbocycles. The van der Waals surface area contributed by atoms with Crippen LogP contribution in [0.3, 0.4) is 0 Å². The predicted molar refractivity (Wildman–Crippen MR) is 101 cm³/mol. The molecule has 0 heterocycles. The lowest BCUT2D eigenvalue weighted by atomic mass is 10.4. The minimum absolute atomic E-state index is 0.441. The van der Waals surface area contributed by atoms with E-state index in [2.05, 4.69) is 76.2 Å². The summed E-state index contributed by atoms with van der Waals surface area (Å²) in [6, 6.07) is 11.6. The molecule has 0 aromatic heterocycles. The van der Waals surface area contributed by atoms with Crippen molar-refractivity contribution in [3.63, 3.8) is 0 Å². The molecule has 1 atom stereocenters. The maximum absolute atomic E-state index is 2.72. The summed E-state index contributed by atoms with van der Waals surface area (Å²) in [5.74, 6) is 0. The third-order valence-electron chi connectivity index (χ3n) is 5.05. The molecule has 0 spiro atoms. The van der Waals surface area contributed by atoms with Crippen LogP contribution in [0.25, 0.3) is 0 Å². The van der Waals surface area contributed by atoms with E-state index in [1.165, 1.54) is 0 Å². The van der Waals surface area contributed by atoms with Gasteiger partial charge in [0.1, 0.15) is 0 Å². The lowest BCUT2D eigenvalue weighted by Gasteiger charge is -2.46. The van der Waals surface area contributed by atoms with Crippen molar-refractivity contribution in [1.29, 1.82) is 0 Å². The fourth-order valence-corrected chi connectivity index (χ4v) is 104. The largest absolute Gasteiger partial charge is 0.0746 e. The van der Waals surface area contributed by atoms with E-state index in [0.29, 0.717) is 0 Å². The van der Waals surface area contributed by atoms with Crippen LogP contribution < -0.4 is 5.19 Å². The SMILES string of the molecule is C[SiH](C)[Si]([SiH](C)C)([SiH](C)C)[SiH](C)c1ccccc1. The number of hydrogen-bond acceptors (Lipinski definition) is 0. The zero-order chi connectivity index (χ0) is 13.9. The van der Waals surface area contributed by atoms with E-state index in [4.69, 9.17) is 0 Å². The van der Waals surface area contributed by atoms with Gasteiger partial charge in [0.15, 0.2) is 0 Å². The standard InChI is InChI=1S/C13H30Si5/c1-14(2)18(15(3)4,16(5)6)17(7)13-11-9-8-10-12-13/h8-12,14-17H,1-7H3. The molecule has 0 saturated heterocycles. The maximum atomic E-state index is 2.72. The van der Waals surface area contributed by atoms with Crippen LogP contribution in [0, 0.1) is 0 Å². The first-order chi connectivity index (χ1) is 8.35. The van der Waals surface area contributed by atoms with E-state index in [0.717, 1.165) is 0 Å². The van der Waals surface area contributed by atoms with Crippen molar-refractivity contribution in [2.75, 3.05) is 0 Å². The predicted octanol–water partition coefficient (Wildman–Crippen LogP) is 1.97. The molecule has 0 aliphatic carbocycles. The highest BCUT2D eigenvalue weighted by Gasteiger charge is 2.48. The van der Waals surface area contributed by atoms with Gasteiger partial charge in [0.2, 0.25) is 0 Å². The Hall–Kier alpha value is 0.304. The van der Waals surface area contributed by atoms with Gasteiger partial charge in [-0.25, -0.2) is 0 Å². The zero-order valence-corrected chi connectivity index (χ0v) is 18.8. The van der Waals surface area contributed by atoms with Crippen LogP contribution in [0.2, 0.25) is 45.8 Å². The van der Waals surface area contributed by atoms with Gasteiger partial charge in [0.05, 0.1) is 8.31 Å². The first kappa shape index (κ1) is 16.4. The molecule has 0 amide bonds. The quantitative estimate of drug-likeness (QED) is 0.726. The van der Waals surface area contributed by atoms with E-state index in [9.17, 15) is 0 Å². The third-order valence-corrected chi connectivity index (χ3v) is 105. The second-order valence-corrected chi connectivity index (χ2v) is 54.6. The normalized spacial score (nSPS) is 14.6. The molecule has 0 radical (unpaired) electrons. The number of rotatable bonds is 5. The topological polar surface area (TPSA) is 0 Å². The van der Waals surface area contributed by atoms with E-state index in [1.54, 1.807) is 5.19 Å². The Bertz CT molecular complexity index is 339. The molecule has 1 unspecified atom stereocenters. The fraction of sp³-hybridized carbons (Fsp3) is 0.538. The van der Waals surface area contributed by atoms with Crippen molar-refractivity contribution in [3.8, 4) is 0 Å². The van der Waals surface area contributed by atoms with Crippen LogP contribution in [0.1, 0.15) is 0 Å². The van der Waals surface area contributed by atoms with Gasteiger partial charge in [-0.1, -0.05) is 81.3 Å². The van der Waals surface area contributed by atoms with E-state index in [1.807, 2.05) is 0 Å². The Morgan fingerprint density at radius 3 is 1.39 bits per heavy atom. The van der Waals surface area contributed by atoms with Gasteiger partial charge >= 0.3 is 0 Å². The van der Waals surface area contributed by atoms with Crippen LogP contribution in [0.5, 0.6) is 0 Å². The van der Waals surface area contributed by atoms with Gasteiger partial charge in [0, 0.05) is 31.1 Å². The second-order valence-electron chi connectivity index (χ2n) is 6.60. The molecule has 1 aromatic carbocycles. The minimum Gasteiger partial charge on any atom is -0.0746 e. The summed E-state index contributed by atoms with van der Waals surface area (Å²) >= 11 is 0. The first-order valence-corrected chi connectivity index (χ1v) is 25.3. The molecule has 1 aromatic rings. The number of benzene rings is 1. The van der Waals surface area contributed by atoms with Crippen molar-refractivity contribution in [2.24, 2.45) is 0 Å². The average molecular weight is 327 g/mol. The minimum atomic E-state index is -0.816. The monoisotopic (exact) mass is 326 g/mol. The molecule has 102 valence electrons. The maximum Gasteiger partial charge on any atom is 0.0540 e. The van der Waals surface area contributed by atoms with Crippen molar-refractivity contribution in [3.05, 3.63) is 30.3 Å². The molecular weight excluding hydrogens is 297 g/mol. The van der Waals surface area contributed by atoms with Crippen LogP contribution in [0.15, 0.2) is 30.3 Å². The number of hydrogen-bond donors (Lipinski definition) is 0. The Kier molecular flexibility index (Phi) is 6.04. The molecule has 18 heavy (non-hydrogen) atoms. The molecule has 0 fully saturated rings. The zero-order valence-electron chi connectivity index (χ0n) is 13.2. The van der Waals surface area contributed by atoms with Crippen LogP contribution in [0.4, 0.5) is 0 Å². The van der Waals surface area contributed by atoms with Gasteiger partial charge in [-0.3, -0.25) is 0 Å². The summed E-state index contributed by atoms with van der Waals surface area (Å²) in [5, 5.41) is 1.78. The summed E-state index contributed by atoms with van der Waals surface area (Å²) in [7, 11) is -1.98. The summed E-state index contributed by atoms with van der Waals surface area (Å²) in [6.07, 6.45) is -0.816. The molecule has 5 heteroatoms. The van der Waals surface area contributed by atoms with Gasteiger partial charge in [0.25, 0.3) is 0 Å². The Labute approximate surface area is 120 Å². The van der Waals surface area contributed by atoms with Crippen LogP contribution in [-0.4, -0.2) is 39.4 Å². The summed E-state index contributed by atoms with van der Waals surface area (Å²) in [5.41, 5.74) is 0. The molecule has 0 bridgehead atoms. The lowest BCUT2D eigenvalue weighted by Crippen LogP contribution is -2.78. The summed E-state index contributed by atoms with van der Waals surface area (Å²) < 4.78 is 0. The highest BCUT2D eigenvalue weighted by Crippen LogP contribution is 2.20. The molecular formula is C13H30Si5. The van der Waals surface area contributed by atoms with Crippen molar-refractivity contribution < 1.29 is 0 Å². The van der Waals surface area contributed by atoms with Crippen LogP contribution >= 0.6 is 0 Å². The van der Waals surface area contributed by atoms with Crippen LogP contribution in [-0.2, 0) is 0 Å². The van der Waals surface area contributed by atoms with Gasteiger partial charge < -0.3 is 0 Å². The fourth-order valence-electron chi connectivity index (χ4n) is 4.53. The van der Waals surface area contributed by atoms with Crippen molar-refractivity contribution in [1.82, 2.24) is 0 Å². The van der Waals surface area contributed by atoms with Crippen molar-refractivity contribution >= 4 is 44.6 Å². The van der Waals surface area contributed by atoms with E-state index in [-0.39, 0.29) is 0 Å². The molecule has 0 aliphatic rings. The molecule has 1 rings (SSSR count). The Balaban J connectivity index is 3.27. The smallest absolute Gasteiger partial charge is 0.0540 e. The van der Waals surface area contributed by atoms with Gasteiger partial charge in [-0.05, 0) is 0 Å². The lowest BCUT2D eigenvalue weighted by molar-refractivity contribution is 1.76. The average Bonchev–Trinajstić information content (AvgIpc) is 2.29. The summed E-state index contributed by atoms with van der Waals surface area (Å²) in [6.45, 7) is 18.9. The van der Waals surface area contributed by atoms with Crippen molar-refractivity contribution in [2.45, 2.75) is 45.8 Å². The summed E-state index contributed by atoms with van der Waals surface area (Å²) in [4.78, 5) is 0. The highest BCUT2D eigenvalue weighted by atomic mass is 30.1. The Morgan fingerprint density at radius 2 is 1.06 bits per heavy atom. The highest BCUT2D eigenvalue weighted by molar-refractivity contribution is 7.97. The Morgan fingerprint density at radius 1 is 0.667 bits per heavy atom. The molecule has 0 nitrogen and oxygen atoms in total. The van der Waals surface area contributed by atoms with Gasteiger partial charge in [-0.15, -0.1) is 0 Å².